The molecule has 0 N–H and O–H groups in total. The Morgan fingerprint density at radius 3 is 0.772 bits per heavy atom. The van der Waals surface area contributed by atoms with Gasteiger partial charge in [-0.25, -0.2) is 15.0 Å². The van der Waals surface area contributed by atoms with Gasteiger partial charge in [-0.2, -0.15) is 0 Å². The van der Waals surface area contributed by atoms with Gasteiger partial charge >= 0.3 is 0 Å². The Morgan fingerprint density at radius 2 is 0.509 bits per heavy atom. The molecule has 0 amide bonds. The maximum Gasteiger partial charge on any atom is 0.166 e. The van der Waals surface area contributed by atoms with Crippen molar-refractivity contribution in [2.24, 2.45) is 0 Å². The topological polar surface area (TPSA) is 53.5 Å². The third-order valence-corrected chi connectivity index (χ3v) is 10.3. The van der Waals surface area contributed by atoms with Gasteiger partial charge in [-0.05, 0) is 106 Å². The third kappa shape index (κ3) is 6.66. The van der Waals surface area contributed by atoms with Crippen molar-refractivity contribution in [1.29, 1.82) is 0 Å². The lowest BCUT2D eigenvalue weighted by Crippen LogP contribution is -2.06. The van der Waals surface area contributed by atoms with Crippen molar-refractivity contribution in [3.05, 3.63) is 219 Å². The molecule has 270 valence electrons. The zero-order valence-electron chi connectivity index (χ0n) is 31.0. The smallest absolute Gasteiger partial charge is 0.166 e. The highest BCUT2D eigenvalue weighted by Crippen LogP contribution is 2.37. The Kier molecular flexibility index (Phi) is 8.74. The predicted octanol–water partition coefficient (Wildman–Crippen LogP) is 12.2. The fourth-order valence-electron chi connectivity index (χ4n) is 7.46. The fraction of sp³-hybridized carbons (Fsp3) is 0. The minimum absolute atomic E-state index is 0.578. The van der Waals surface area contributed by atoms with Crippen LogP contribution in [-0.4, -0.2) is 28.7 Å². The second-order valence-electron chi connectivity index (χ2n) is 13.9. The van der Waals surface area contributed by atoms with Crippen LogP contribution in [0.5, 0.6) is 0 Å². The molecule has 0 bridgehead atoms. The van der Waals surface area contributed by atoms with Crippen molar-refractivity contribution < 1.29 is 0 Å². The van der Waals surface area contributed by atoms with Crippen LogP contribution in [0.2, 0.25) is 0 Å². The Bertz CT molecular complexity index is 2580. The molecule has 6 heteroatoms. The standard InChI is InChI=1S/C51H36N6/c1-4-16-37(17-5-1)40-22-25-43(46(34-40)55-28-10-11-29-55)49-52-50(44-26-23-41(38-18-6-2-7-19-38)35-47(44)56-30-12-13-31-56)54-51(53-49)45-27-24-42(39-20-8-3-9-21-39)36-48(45)57-32-14-15-33-57/h1-36H. The van der Waals surface area contributed by atoms with E-state index in [1.807, 2.05) is 54.6 Å². The predicted molar refractivity (Wildman–Crippen MR) is 230 cm³/mol. The van der Waals surface area contributed by atoms with Crippen molar-refractivity contribution in [2.45, 2.75) is 0 Å². The summed E-state index contributed by atoms with van der Waals surface area (Å²) in [7, 11) is 0. The first kappa shape index (κ1) is 33.7. The van der Waals surface area contributed by atoms with E-state index in [0.717, 1.165) is 67.1 Å². The highest BCUT2D eigenvalue weighted by atomic mass is 15.1. The number of nitrogens with zero attached hydrogens (tertiary/aromatic N) is 6. The Hall–Kier alpha value is -7.83. The summed E-state index contributed by atoms with van der Waals surface area (Å²) >= 11 is 0. The Labute approximate surface area is 331 Å². The maximum absolute atomic E-state index is 5.35. The number of rotatable bonds is 9. The van der Waals surface area contributed by atoms with E-state index in [1.165, 1.54) is 0 Å². The van der Waals surface area contributed by atoms with Gasteiger partial charge in [0.2, 0.25) is 0 Å². The van der Waals surface area contributed by atoms with Crippen LogP contribution in [0.25, 0.3) is 84.6 Å². The van der Waals surface area contributed by atoms with Gasteiger partial charge < -0.3 is 13.7 Å². The van der Waals surface area contributed by atoms with Gasteiger partial charge in [0.1, 0.15) is 0 Å². The van der Waals surface area contributed by atoms with Gasteiger partial charge in [-0.15, -0.1) is 0 Å². The summed E-state index contributed by atoms with van der Waals surface area (Å²) < 4.78 is 6.39. The molecule has 4 heterocycles. The molecule has 0 fully saturated rings. The van der Waals surface area contributed by atoms with E-state index in [4.69, 9.17) is 15.0 Å². The van der Waals surface area contributed by atoms with Crippen LogP contribution >= 0.6 is 0 Å². The van der Waals surface area contributed by atoms with E-state index in [2.05, 4.69) is 178 Å². The van der Waals surface area contributed by atoms with Gasteiger partial charge in [0, 0.05) is 53.9 Å². The molecule has 57 heavy (non-hydrogen) atoms. The Balaban J connectivity index is 1.23. The summed E-state index contributed by atoms with van der Waals surface area (Å²) in [6, 6.07) is 63.1. The molecule has 4 aromatic heterocycles. The molecule has 0 unspecified atom stereocenters. The van der Waals surface area contributed by atoms with Crippen LogP contribution in [0.1, 0.15) is 0 Å². The van der Waals surface area contributed by atoms with Crippen LogP contribution in [0.15, 0.2) is 219 Å². The van der Waals surface area contributed by atoms with E-state index in [-0.39, 0.29) is 0 Å². The summed E-state index contributed by atoms with van der Waals surface area (Å²) in [5.74, 6) is 1.73. The third-order valence-electron chi connectivity index (χ3n) is 10.3. The molecule has 6 aromatic carbocycles. The lowest BCUT2D eigenvalue weighted by Gasteiger charge is -2.18. The zero-order valence-corrected chi connectivity index (χ0v) is 31.0. The first-order chi connectivity index (χ1) is 28.2. The van der Waals surface area contributed by atoms with E-state index >= 15 is 0 Å². The molecule has 0 aliphatic carbocycles. The molecule has 0 aliphatic rings. The lowest BCUT2D eigenvalue weighted by atomic mass is 10.00. The lowest BCUT2D eigenvalue weighted by molar-refractivity contribution is 1.02. The second kappa shape index (κ2) is 14.8. The van der Waals surface area contributed by atoms with Crippen molar-refractivity contribution in [1.82, 2.24) is 28.7 Å². The minimum atomic E-state index is 0.578. The van der Waals surface area contributed by atoms with Gasteiger partial charge in [0.15, 0.2) is 17.5 Å². The summed E-state index contributed by atoms with van der Waals surface area (Å²) in [5.41, 5.74) is 12.3. The molecule has 10 aromatic rings. The van der Waals surface area contributed by atoms with Gasteiger partial charge in [-0.3, -0.25) is 0 Å². The van der Waals surface area contributed by atoms with E-state index in [1.54, 1.807) is 0 Å². The Morgan fingerprint density at radius 1 is 0.246 bits per heavy atom. The SMILES string of the molecule is c1ccc(-c2ccc(-c3nc(-c4ccc(-c5ccccc5)cc4-n4cccc4)nc(-c4ccc(-c5ccccc5)cc4-n4cccc4)n3)c(-n3cccc3)c2)cc1. The highest BCUT2D eigenvalue weighted by molar-refractivity contribution is 5.82. The van der Waals surface area contributed by atoms with Crippen LogP contribution in [0.4, 0.5) is 0 Å². The van der Waals surface area contributed by atoms with Crippen LogP contribution in [-0.2, 0) is 0 Å². The average Bonchev–Trinajstić information content (AvgIpc) is 4.13. The number of hydrogen-bond donors (Lipinski definition) is 0. The average molecular weight is 733 g/mol. The van der Waals surface area contributed by atoms with E-state index in [0.29, 0.717) is 17.5 Å². The highest BCUT2D eigenvalue weighted by Gasteiger charge is 2.21. The van der Waals surface area contributed by atoms with E-state index < -0.39 is 0 Å². The number of hydrogen-bond acceptors (Lipinski definition) is 3. The number of aromatic nitrogens is 6. The molecule has 0 atom stereocenters. The quantitative estimate of drug-likeness (QED) is 0.148. The molecular weight excluding hydrogens is 697 g/mol. The summed E-state index contributed by atoms with van der Waals surface area (Å²) in [5, 5.41) is 0. The minimum Gasteiger partial charge on any atom is -0.323 e. The second-order valence-corrected chi connectivity index (χ2v) is 13.9. The molecule has 10 rings (SSSR count). The van der Waals surface area contributed by atoms with Crippen LogP contribution < -0.4 is 0 Å². The first-order valence-electron chi connectivity index (χ1n) is 19.0. The van der Waals surface area contributed by atoms with Crippen LogP contribution in [0.3, 0.4) is 0 Å². The first-order valence-corrected chi connectivity index (χ1v) is 19.0. The summed E-state index contributed by atoms with van der Waals surface area (Å²) in [6.07, 6.45) is 12.4. The summed E-state index contributed by atoms with van der Waals surface area (Å²) in [6.45, 7) is 0. The maximum atomic E-state index is 5.35. The van der Waals surface area contributed by atoms with Gasteiger partial charge in [0.05, 0.1) is 17.1 Å². The van der Waals surface area contributed by atoms with Crippen molar-refractivity contribution in [2.75, 3.05) is 0 Å². The monoisotopic (exact) mass is 732 g/mol. The van der Waals surface area contributed by atoms with Crippen LogP contribution in [0, 0.1) is 0 Å². The van der Waals surface area contributed by atoms with Gasteiger partial charge in [0.25, 0.3) is 0 Å². The summed E-state index contributed by atoms with van der Waals surface area (Å²) in [4.78, 5) is 16.0. The van der Waals surface area contributed by atoms with Crippen molar-refractivity contribution >= 4 is 0 Å². The normalized spacial score (nSPS) is 11.2. The van der Waals surface area contributed by atoms with E-state index in [9.17, 15) is 0 Å². The largest absolute Gasteiger partial charge is 0.323 e. The van der Waals surface area contributed by atoms with Crippen molar-refractivity contribution in [3.63, 3.8) is 0 Å². The number of benzene rings is 6. The fourth-order valence-corrected chi connectivity index (χ4v) is 7.46. The molecule has 0 saturated heterocycles. The van der Waals surface area contributed by atoms with Gasteiger partial charge in [-0.1, -0.05) is 109 Å². The molecule has 0 saturated carbocycles. The molecule has 6 nitrogen and oxygen atoms in total. The molecule has 0 spiro atoms. The zero-order chi connectivity index (χ0) is 38.0. The molecular formula is C51H36N6. The molecule has 0 aliphatic heterocycles. The van der Waals surface area contributed by atoms with Crippen molar-refractivity contribution in [3.8, 4) is 84.6 Å². The molecule has 0 radical (unpaired) electrons.